The molecule has 1 aliphatic carbocycles. The molecule has 0 spiro atoms. The highest BCUT2D eigenvalue weighted by atomic mass is 16.3. The second-order valence-corrected chi connectivity index (χ2v) is 4.12. The lowest BCUT2D eigenvalue weighted by Crippen LogP contribution is -2.41. The molecule has 1 unspecified atom stereocenters. The molecule has 0 amide bonds. The Labute approximate surface area is 80.7 Å². The minimum Gasteiger partial charge on any atom is -0.389 e. The van der Waals surface area contributed by atoms with Gasteiger partial charge in [-0.25, -0.2) is 0 Å². The van der Waals surface area contributed by atoms with Crippen LogP contribution in [0.4, 0.5) is 0 Å². The minimum atomic E-state index is -0.455. The van der Waals surface area contributed by atoms with Crippen LogP contribution < -0.4 is 5.32 Å². The molecule has 2 heteroatoms. The van der Waals surface area contributed by atoms with Crippen LogP contribution in [0.1, 0.15) is 39.0 Å². The van der Waals surface area contributed by atoms with Crippen LogP contribution in [0.3, 0.4) is 0 Å². The Balaban J connectivity index is 2.21. The highest BCUT2D eigenvalue weighted by molar-refractivity contribution is 4.91. The molecule has 0 saturated heterocycles. The van der Waals surface area contributed by atoms with Crippen molar-refractivity contribution in [2.45, 2.75) is 50.7 Å². The van der Waals surface area contributed by atoms with E-state index >= 15 is 0 Å². The van der Waals surface area contributed by atoms with Gasteiger partial charge in [0.05, 0.1) is 5.60 Å². The van der Waals surface area contributed by atoms with E-state index in [4.69, 9.17) is 6.42 Å². The van der Waals surface area contributed by atoms with Crippen LogP contribution in [0.5, 0.6) is 0 Å². The summed E-state index contributed by atoms with van der Waals surface area (Å²) in [6, 6.07) is 0.314. The summed E-state index contributed by atoms with van der Waals surface area (Å²) < 4.78 is 0. The molecule has 1 saturated carbocycles. The van der Waals surface area contributed by atoms with Crippen LogP contribution >= 0.6 is 0 Å². The van der Waals surface area contributed by atoms with E-state index in [1.807, 2.05) is 0 Å². The lowest BCUT2D eigenvalue weighted by Gasteiger charge is -2.24. The molecule has 2 nitrogen and oxygen atoms in total. The van der Waals surface area contributed by atoms with Crippen LogP contribution in [0, 0.1) is 12.3 Å². The molecule has 0 heterocycles. The monoisotopic (exact) mass is 181 g/mol. The Bertz CT molecular complexity index is 189. The summed E-state index contributed by atoms with van der Waals surface area (Å²) in [6.07, 6.45) is 10.1. The first-order valence-corrected chi connectivity index (χ1v) is 5.05. The van der Waals surface area contributed by atoms with Crippen LogP contribution in [0.25, 0.3) is 0 Å². The molecule has 0 aromatic carbocycles. The molecule has 2 N–H and O–H groups in total. The highest BCUT2D eigenvalue weighted by Crippen LogP contribution is 2.28. The second-order valence-electron chi connectivity index (χ2n) is 4.12. The number of hydrogen-bond acceptors (Lipinski definition) is 2. The van der Waals surface area contributed by atoms with Gasteiger partial charge in [-0.05, 0) is 19.8 Å². The third kappa shape index (κ3) is 3.38. The Hall–Kier alpha value is -0.520. The predicted octanol–water partition coefficient (Wildman–Crippen LogP) is 1.29. The SMILES string of the molecule is C#CCC(C)NCC1(O)CCCC1. The van der Waals surface area contributed by atoms with Crippen molar-refractivity contribution < 1.29 is 5.11 Å². The first-order valence-electron chi connectivity index (χ1n) is 5.05. The smallest absolute Gasteiger partial charge is 0.0771 e. The summed E-state index contributed by atoms with van der Waals surface area (Å²) in [4.78, 5) is 0. The van der Waals surface area contributed by atoms with E-state index in [1.165, 1.54) is 0 Å². The van der Waals surface area contributed by atoms with Crippen LogP contribution in [0.15, 0.2) is 0 Å². The van der Waals surface area contributed by atoms with E-state index in [-0.39, 0.29) is 0 Å². The van der Waals surface area contributed by atoms with E-state index in [0.29, 0.717) is 12.6 Å². The van der Waals surface area contributed by atoms with Gasteiger partial charge in [0.15, 0.2) is 0 Å². The molecule has 74 valence electrons. The van der Waals surface area contributed by atoms with Gasteiger partial charge in [-0.1, -0.05) is 12.8 Å². The first-order chi connectivity index (χ1) is 6.16. The molecule has 1 fully saturated rings. The Morgan fingerprint density at radius 2 is 2.15 bits per heavy atom. The van der Waals surface area contributed by atoms with Crippen molar-refractivity contribution in [2.24, 2.45) is 0 Å². The van der Waals surface area contributed by atoms with Gasteiger partial charge in [0.2, 0.25) is 0 Å². The van der Waals surface area contributed by atoms with Crippen LogP contribution in [-0.2, 0) is 0 Å². The van der Waals surface area contributed by atoms with Gasteiger partial charge in [0.25, 0.3) is 0 Å². The van der Waals surface area contributed by atoms with Crippen molar-refractivity contribution in [3.05, 3.63) is 0 Å². The van der Waals surface area contributed by atoms with Crippen molar-refractivity contribution in [3.8, 4) is 12.3 Å². The summed E-state index contributed by atoms with van der Waals surface area (Å²) in [6.45, 7) is 2.74. The summed E-state index contributed by atoms with van der Waals surface area (Å²) in [7, 11) is 0. The summed E-state index contributed by atoms with van der Waals surface area (Å²) in [5.41, 5.74) is -0.455. The second kappa shape index (κ2) is 4.64. The lowest BCUT2D eigenvalue weighted by molar-refractivity contribution is 0.0455. The molecule has 0 aromatic heterocycles. The quantitative estimate of drug-likeness (QED) is 0.641. The average Bonchev–Trinajstić information content (AvgIpc) is 2.51. The topological polar surface area (TPSA) is 32.3 Å². The fourth-order valence-corrected chi connectivity index (χ4v) is 1.82. The Kier molecular flexibility index (Phi) is 3.77. The third-order valence-corrected chi connectivity index (χ3v) is 2.74. The molecule has 1 rings (SSSR count). The van der Waals surface area contributed by atoms with Gasteiger partial charge >= 0.3 is 0 Å². The van der Waals surface area contributed by atoms with Crippen molar-refractivity contribution in [2.75, 3.05) is 6.54 Å². The number of nitrogens with one attached hydrogen (secondary N) is 1. The normalized spacial score (nSPS) is 22.5. The molecule has 0 aliphatic heterocycles. The molecule has 1 atom stereocenters. The van der Waals surface area contributed by atoms with Gasteiger partial charge in [0.1, 0.15) is 0 Å². The average molecular weight is 181 g/mol. The highest BCUT2D eigenvalue weighted by Gasteiger charge is 2.30. The van der Waals surface area contributed by atoms with Gasteiger partial charge in [-0.3, -0.25) is 0 Å². The van der Waals surface area contributed by atoms with Crippen molar-refractivity contribution in [1.82, 2.24) is 5.32 Å². The summed E-state index contributed by atoms with van der Waals surface area (Å²) in [5, 5.41) is 13.3. The summed E-state index contributed by atoms with van der Waals surface area (Å²) >= 11 is 0. The van der Waals surface area contributed by atoms with Gasteiger partial charge in [-0.15, -0.1) is 12.3 Å². The van der Waals surface area contributed by atoms with Crippen LogP contribution in [-0.4, -0.2) is 23.3 Å². The van der Waals surface area contributed by atoms with E-state index in [2.05, 4.69) is 18.2 Å². The van der Waals surface area contributed by atoms with E-state index in [0.717, 1.165) is 32.1 Å². The predicted molar refractivity (Wildman–Crippen MR) is 54.3 cm³/mol. The maximum atomic E-state index is 9.99. The zero-order valence-corrected chi connectivity index (χ0v) is 8.34. The fourth-order valence-electron chi connectivity index (χ4n) is 1.82. The minimum absolute atomic E-state index is 0.314. The van der Waals surface area contributed by atoms with Crippen molar-refractivity contribution >= 4 is 0 Å². The number of hydrogen-bond donors (Lipinski definition) is 2. The Morgan fingerprint density at radius 3 is 2.69 bits per heavy atom. The molecule has 0 aromatic rings. The molecule has 13 heavy (non-hydrogen) atoms. The van der Waals surface area contributed by atoms with Gasteiger partial charge in [0, 0.05) is 19.0 Å². The largest absolute Gasteiger partial charge is 0.389 e. The number of aliphatic hydroxyl groups is 1. The summed E-state index contributed by atoms with van der Waals surface area (Å²) in [5.74, 6) is 2.61. The van der Waals surface area contributed by atoms with E-state index in [9.17, 15) is 5.11 Å². The molecule has 0 bridgehead atoms. The van der Waals surface area contributed by atoms with Gasteiger partial charge in [-0.2, -0.15) is 0 Å². The molecular formula is C11H19NO. The van der Waals surface area contributed by atoms with Crippen molar-refractivity contribution in [3.63, 3.8) is 0 Å². The first kappa shape index (κ1) is 10.6. The van der Waals surface area contributed by atoms with E-state index < -0.39 is 5.60 Å². The maximum Gasteiger partial charge on any atom is 0.0771 e. The molecule has 0 radical (unpaired) electrons. The van der Waals surface area contributed by atoms with Gasteiger partial charge < -0.3 is 10.4 Å². The van der Waals surface area contributed by atoms with Crippen molar-refractivity contribution in [1.29, 1.82) is 0 Å². The standard InChI is InChI=1S/C11H19NO/c1-3-6-10(2)12-9-11(13)7-4-5-8-11/h1,10,12-13H,4-9H2,2H3. The lowest BCUT2D eigenvalue weighted by atomic mass is 10.0. The number of rotatable bonds is 4. The van der Waals surface area contributed by atoms with Crippen LogP contribution in [0.2, 0.25) is 0 Å². The Morgan fingerprint density at radius 1 is 1.54 bits per heavy atom. The molecule has 1 aliphatic rings. The zero-order chi connectivity index (χ0) is 9.73. The molecular weight excluding hydrogens is 162 g/mol. The maximum absolute atomic E-state index is 9.99. The zero-order valence-electron chi connectivity index (χ0n) is 8.34. The third-order valence-electron chi connectivity index (χ3n) is 2.74. The number of terminal acetylenes is 1. The fraction of sp³-hybridized carbons (Fsp3) is 0.818. The van der Waals surface area contributed by atoms with E-state index in [1.54, 1.807) is 0 Å².